The van der Waals surface area contributed by atoms with Crippen LogP contribution in [0.4, 0.5) is 5.69 Å². The SMILES string of the molecule is Nc1cccnc1S(=O)(=O)N1CCC(N2CCOCC2)C1. The van der Waals surface area contributed by atoms with Crippen LogP contribution < -0.4 is 5.73 Å². The summed E-state index contributed by atoms with van der Waals surface area (Å²) in [6.45, 7) is 4.18. The van der Waals surface area contributed by atoms with Gasteiger partial charge in [-0.3, -0.25) is 4.90 Å². The number of ether oxygens (including phenoxy) is 1. The van der Waals surface area contributed by atoms with Gasteiger partial charge in [-0.2, -0.15) is 4.31 Å². The summed E-state index contributed by atoms with van der Waals surface area (Å²) in [5.74, 6) is 0. The molecule has 116 valence electrons. The molecule has 0 spiro atoms. The molecular weight excluding hydrogens is 292 g/mol. The minimum atomic E-state index is -3.60. The minimum Gasteiger partial charge on any atom is -0.396 e. The Morgan fingerprint density at radius 2 is 2.05 bits per heavy atom. The third-order valence-electron chi connectivity index (χ3n) is 4.07. The fourth-order valence-corrected chi connectivity index (χ4v) is 4.43. The first-order valence-electron chi connectivity index (χ1n) is 7.11. The van der Waals surface area contributed by atoms with Crippen molar-refractivity contribution in [1.82, 2.24) is 14.2 Å². The zero-order valence-electron chi connectivity index (χ0n) is 11.8. The number of nitrogens with zero attached hydrogens (tertiary/aromatic N) is 3. The maximum Gasteiger partial charge on any atom is 0.262 e. The van der Waals surface area contributed by atoms with E-state index >= 15 is 0 Å². The van der Waals surface area contributed by atoms with Crippen molar-refractivity contribution < 1.29 is 13.2 Å². The number of anilines is 1. The lowest BCUT2D eigenvalue weighted by molar-refractivity contribution is 0.0197. The molecule has 1 aromatic heterocycles. The van der Waals surface area contributed by atoms with Gasteiger partial charge in [0.25, 0.3) is 10.0 Å². The van der Waals surface area contributed by atoms with E-state index in [9.17, 15) is 8.42 Å². The van der Waals surface area contributed by atoms with Crippen LogP contribution in [0.5, 0.6) is 0 Å². The molecule has 8 heteroatoms. The number of aromatic nitrogens is 1. The molecule has 2 saturated heterocycles. The second-order valence-electron chi connectivity index (χ2n) is 5.35. The lowest BCUT2D eigenvalue weighted by Gasteiger charge is -2.32. The molecule has 3 rings (SSSR count). The minimum absolute atomic E-state index is 0.0346. The van der Waals surface area contributed by atoms with Crippen molar-refractivity contribution >= 4 is 15.7 Å². The largest absolute Gasteiger partial charge is 0.396 e. The average Bonchev–Trinajstić information content (AvgIpc) is 2.99. The molecule has 0 radical (unpaired) electrons. The molecule has 0 amide bonds. The number of sulfonamides is 1. The normalized spacial score (nSPS) is 25.2. The first kappa shape index (κ1) is 14.7. The Hall–Kier alpha value is -1.22. The zero-order valence-corrected chi connectivity index (χ0v) is 12.6. The fourth-order valence-electron chi connectivity index (χ4n) is 2.91. The molecule has 2 N–H and O–H groups in total. The Morgan fingerprint density at radius 3 is 2.76 bits per heavy atom. The summed E-state index contributed by atoms with van der Waals surface area (Å²) < 4.78 is 32.1. The van der Waals surface area contributed by atoms with Gasteiger partial charge < -0.3 is 10.5 Å². The van der Waals surface area contributed by atoms with Crippen molar-refractivity contribution in [2.75, 3.05) is 45.1 Å². The number of pyridine rings is 1. The third-order valence-corrected chi connectivity index (χ3v) is 5.91. The number of hydrogen-bond acceptors (Lipinski definition) is 6. The maximum absolute atomic E-state index is 12.6. The van der Waals surface area contributed by atoms with Gasteiger partial charge >= 0.3 is 0 Å². The monoisotopic (exact) mass is 312 g/mol. The summed E-state index contributed by atoms with van der Waals surface area (Å²) in [7, 11) is -3.60. The van der Waals surface area contributed by atoms with E-state index in [1.165, 1.54) is 10.5 Å². The average molecular weight is 312 g/mol. The van der Waals surface area contributed by atoms with Crippen molar-refractivity contribution in [3.05, 3.63) is 18.3 Å². The van der Waals surface area contributed by atoms with Gasteiger partial charge in [-0.1, -0.05) is 0 Å². The first-order chi connectivity index (χ1) is 10.1. The third kappa shape index (κ3) is 2.89. The van der Waals surface area contributed by atoms with E-state index in [0.29, 0.717) is 13.1 Å². The van der Waals surface area contributed by atoms with Crippen LogP contribution in [0.25, 0.3) is 0 Å². The lowest BCUT2D eigenvalue weighted by atomic mass is 10.2. The van der Waals surface area contributed by atoms with Crippen LogP contribution in [0.1, 0.15) is 6.42 Å². The summed E-state index contributed by atoms with van der Waals surface area (Å²) >= 11 is 0. The van der Waals surface area contributed by atoms with Crippen molar-refractivity contribution in [3.8, 4) is 0 Å². The first-order valence-corrected chi connectivity index (χ1v) is 8.55. The molecule has 7 nitrogen and oxygen atoms in total. The number of hydrogen-bond donors (Lipinski definition) is 1. The summed E-state index contributed by atoms with van der Waals surface area (Å²) in [5.41, 5.74) is 5.96. The Bertz CT molecular complexity index is 601. The van der Waals surface area contributed by atoms with Crippen LogP contribution in [0.15, 0.2) is 23.4 Å². The maximum atomic E-state index is 12.6. The molecule has 0 aliphatic carbocycles. The van der Waals surface area contributed by atoms with Crippen molar-refractivity contribution in [2.45, 2.75) is 17.5 Å². The van der Waals surface area contributed by atoms with Crippen LogP contribution >= 0.6 is 0 Å². The van der Waals surface area contributed by atoms with Crippen LogP contribution in [-0.4, -0.2) is 68.0 Å². The van der Waals surface area contributed by atoms with Gasteiger partial charge in [0.05, 0.1) is 18.9 Å². The Balaban J connectivity index is 1.74. The van der Waals surface area contributed by atoms with Crippen LogP contribution in [0.3, 0.4) is 0 Å². The fraction of sp³-hybridized carbons (Fsp3) is 0.615. The Morgan fingerprint density at radius 1 is 1.29 bits per heavy atom. The molecule has 2 aliphatic heterocycles. The molecule has 0 aromatic carbocycles. The molecule has 0 saturated carbocycles. The van der Waals surface area contributed by atoms with E-state index in [2.05, 4.69) is 9.88 Å². The highest BCUT2D eigenvalue weighted by atomic mass is 32.2. The van der Waals surface area contributed by atoms with Crippen LogP contribution in [0, 0.1) is 0 Å². The number of nitrogens with two attached hydrogens (primary N) is 1. The molecule has 21 heavy (non-hydrogen) atoms. The van der Waals surface area contributed by atoms with Crippen molar-refractivity contribution in [3.63, 3.8) is 0 Å². The predicted molar refractivity (Wildman–Crippen MR) is 78.2 cm³/mol. The number of morpholine rings is 1. The molecule has 1 aromatic rings. The Kier molecular flexibility index (Phi) is 4.12. The molecule has 2 fully saturated rings. The quantitative estimate of drug-likeness (QED) is 0.828. The number of rotatable bonds is 3. The lowest BCUT2D eigenvalue weighted by Crippen LogP contribution is -2.45. The Labute approximate surface area is 124 Å². The van der Waals surface area contributed by atoms with Crippen molar-refractivity contribution in [1.29, 1.82) is 0 Å². The summed E-state index contributed by atoms with van der Waals surface area (Å²) in [6.07, 6.45) is 2.30. The van der Waals surface area contributed by atoms with E-state index in [1.807, 2.05) is 0 Å². The number of nitrogen functional groups attached to an aromatic ring is 1. The van der Waals surface area contributed by atoms with E-state index in [4.69, 9.17) is 10.5 Å². The topological polar surface area (TPSA) is 88.8 Å². The smallest absolute Gasteiger partial charge is 0.262 e. The van der Waals surface area contributed by atoms with Gasteiger partial charge in [-0.05, 0) is 18.6 Å². The standard InChI is InChI=1S/C13H20N4O3S/c14-12-2-1-4-15-13(12)21(18,19)17-5-3-11(10-17)16-6-8-20-9-7-16/h1-2,4,11H,3,5-10,14H2. The van der Waals surface area contributed by atoms with Gasteiger partial charge in [-0.25, -0.2) is 13.4 Å². The summed E-state index contributed by atoms with van der Waals surface area (Å²) in [4.78, 5) is 6.25. The van der Waals surface area contributed by atoms with Gasteiger partial charge in [-0.15, -0.1) is 0 Å². The highest BCUT2D eigenvalue weighted by Gasteiger charge is 2.37. The molecule has 2 aliphatic rings. The van der Waals surface area contributed by atoms with Crippen molar-refractivity contribution in [2.24, 2.45) is 0 Å². The van der Waals surface area contributed by atoms with E-state index in [0.717, 1.165) is 32.7 Å². The molecule has 1 atom stereocenters. The molecule has 3 heterocycles. The summed E-state index contributed by atoms with van der Waals surface area (Å²) in [5, 5.41) is -0.0346. The summed E-state index contributed by atoms with van der Waals surface area (Å²) in [6, 6.07) is 3.46. The van der Waals surface area contributed by atoms with Gasteiger partial charge in [0, 0.05) is 38.4 Å². The van der Waals surface area contributed by atoms with Gasteiger partial charge in [0.15, 0.2) is 5.03 Å². The van der Waals surface area contributed by atoms with E-state index in [1.54, 1.807) is 12.1 Å². The molecular formula is C13H20N4O3S. The predicted octanol–water partition coefficient (Wildman–Crippen LogP) is -0.241. The van der Waals surface area contributed by atoms with Gasteiger partial charge in [0.2, 0.25) is 0 Å². The van der Waals surface area contributed by atoms with E-state index in [-0.39, 0.29) is 16.8 Å². The van der Waals surface area contributed by atoms with Gasteiger partial charge in [0.1, 0.15) is 0 Å². The second kappa shape index (κ2) is 5.88. The molecule has 1 unspecified atom stereocenters. The second-order valence-corrected chi connectivity index (χ2v) is 7.20. The zero-order chi connectivity index (χ0) is 14.9. The van der Waals surface area contributed by atoms with Crippen LogP contribution in [-0.2, 0) is 14.8 Å². The molecule has 0 bridgehead atoms. The van der Waals surface area contributed by atoms with E-state index < -0.39 is 10.0 Å². The van der Waals surface area contributed by atoms with Crippen LogP contribution in [0.2, 0.25) is 0 Å². The highest BCUT2D eigenvalue weighted by Crippen LogP contribution is 2.25. The highest BCUT2D eigenvalue weighted by molar-refractivity contribution is 7.89.